The molecule has 0 fully saturated rings. The largest absolute Gasteiger partial charge is 0.465 e. The summed E-state index contributed by atoms with van der Waals surface area (Å²) in [6, 6.07) is 0. The molecule has 0 saturated carbocycles. The Balaban J connectivity index is -0.000000503. The summed E-state index contributed by atoms with van der Waals surface area (Å²) in [4.78, 5) is 8.78. The fourth-order valence-corrected chi connectivity index (χ4v) is 7.30. The van der Waals surface area contributed by atoms with Gasteiger partial charge in [0.2, 0.25) is 0 Å². The van der Waals surface area contributed by atoms with Gasteiger partial charge in [-0.05, 0) is 51.3 Å². The van der Waals surface area contributed by atoms with Crippen molar-refractivity contribution in [3.05, 3.63) is 0 Å². The minimum absolute atomic E-state index is 0.394. The lowest BCUT2D eigenvalue weighted by molar-refractivity contribution is 0.176. The zero-order valence-electron chi connectivity index (χ0n) is 15.9. The molecular formula is C13H33NO7P2S2. The van der Waals surface area contributed by atoms with Crippen LogP contribution in [0.4, 0.5) is 4.79 Å². The maximum Gasteiger partial charge on any atom is 0.402 e. The molecule has 8 nitrogen and oxygen atoms in total. The summed E-state index contributed by atoms with van der Waals surface area (Å²) in [6.45, 7) is 7.45. The highest BCUT2D eigenvalue weighted by Gasteiger charge is 2.31. The number of hydrogen-bond donors (Lipinski definition) is 2. The van der Waals surface area contributed by atoms with Gasteiger partial charge in [0.05, 0.1) is 26.4 Å². The van der Waals surface area contributed by atoms with Gasteiger partial charge in [0.1, 0.15) is 0 Å². The van der Waals surface area contributed by atoms with Crippen molar-refractivity contribution < 1.29 is 32.3 Å². The zero-order valence-corrected chi connectivity index (χ0v) is 19.3. The van der Waals surface area contributed by atoms with E-state index in [9.17, 15) is 0 Å². The summed E-state index contributed by atoms with van der Waals surface area (Å²) < 4.78 is 26.9. The quantitative estimate of drug-likeness (QED) is 0.427. The second kappa shape index (κ2) is 19.1. The fourth-order valence-electron chi connectivity index (χ4n) is 0.924. The Labute approximate surface area is 162 Å². The predicted octanol–water partition coefficient (Wildman–Crippen LogP) is 5.03. The summed E-state index contributed by atoms with van der Waals surface area (Å²) in [5, 5.41) is 7.19. The smallest absolute Gasteiger partial charge is 0.402 e. The van der Waals surface area contributed by atoms with Crippen LogP contribution >= 0.6 is 13.4 Å². The molecule has 12 heteroatoms. The molecule has 0 heterocycles. The molecule has 154 valence electrons. The van der Waals surface area contributed by atoms with E-state index >= 15 is 0 Å². The van der Waals surface area contributed by atoms with Gasteiger partial charge in [0, 0.05) is 0 Å². The van der Waals surface area contributed by atoms with Crippen LogP contribution in [0.25, 0.3) is 0 Å². The molecule has 3 N–H and O–H groups in total. The first-order chi connectivity index (χ1) is 11.6. The Kier molecular flexibility index (Phi) is 23.1. The Morgan fingerprint density at radius 2 is 1.00 bits per heavy atom. The van der Waals surface area contributed by atoms with Crippen LogP contribution in [0, 0.1) is 0 Å². The van der Waals surface area contributed by atoms with E-state index in [1.807, 2.05) is 27.7 Å². The van der Waals surface area contributed by atoms with Crippen LogP contribution in [0.1, 0.15) is 54.4 Å². The molecule has 0 spiro atoms. The van der Waals surface area contributed by atoms with Crippen molar-refractivity contribution >= 4 is 43.1 Å². The fraction of sp³-hybridized carbons (Fsp3) is 0.923. The van der Waals surface area contributed by atoms with Crippen LogP contribution in [-0.4, -0.2) is 37.6 Å². The van der Waals surface area contributed by atoms with Crippen LogP contribution in [0.15, 0.2) is 0 Å². The maximum atomic E-state index is 8.78. The molecule has 25 heavy (non-hydrogen) atoms. The summed E-state index contributed by atoms with van der Waals surface area (Å²) in [5.74, 6) is 0. The molecule has 0 saturated heterocycles. The molecule has 0 aliphatic heterocycles. The highest BCUT2D eigenvalue weighted by molar-refractivity contribution is 8.14. The molecule has 0 aromatic rings. The minimum atomic E-state index is -2.87. The number of amides is 1. The normalized spacial score (nSPS) is 11.0. The van der Waals surface area contributed by atoms with E-state index in [2.05, 4.69) is 19.6 Å². The summed E-state index contributed by atoms with van der Waals surface area (Å²) >= 11 is 10.4. The summed E-state index contributed by atoms with van der Waals surface area (Å²) in [5.41, 5.74) is 4.03. The molecule has 0 rings (SSSR count). The van der Waals surface area contributed by atoms with Gasteiger partial charge in [-0.2, -0.15) is 0 Å². The van der Waals surface area contributed by atoms with Crippen molar-refractivity contribution in [3.8, 4) is 0 Å². The molecule has 0 aromatic carbocycles. The molecule has 0 aliphatic carbocycles. The van der Waals surface area contributed by atoms with Crippen LogP contribution in [0.2, 0.25) is 0 Å². The van der Waals surface area contributed by atoms with Crippen LogP contribution < -0.4 is 5.73 Å². The monoisotopic (exact) mass is 441 g/mol. The van der Waals surface area contributed by atoms with E-state index < -0.39 is 19.5 Å². The van der Waals surface area contributed by atoms with Gasteiger partial charge in [-0.15, -0.1) is 0 Å². The van der Waals surface area contributed by atoms with Crippen LogP contribution in [-0.2, 0) is 46.0 Å². The molecule has 0 atom stereocenters. The second-order valence-corrected chi connectivity index (χ2v) is 10.1. The molecular weight excluding hydrogens is 408 g/mol. The number of rotatable bonds is 11. The van der Waals surface area contributed by atoms with Crippen molar-refractivity contribution in [1.82, 2.24) is 0 Å². The zero-order chi connectivity index (χ0) is 20.4. The number of carbonyl (C=O) groups is 1. The van der Waals surface area contributed by atoms with Crippen molar-refractivity contribution in [1.29, 1.82) is 0 Å². The average molecular weight is 441 g/mol. The SMILES string of the molecule is CCCC.CCOP(=S)(OCC)OP(=S)(OCC)OCC.NC(=O)O. The number of primary amides is 1. The number of nitrogens with two attached hydrogens (primary N) is 1. The maximum absolute atomic E-state index is 8.78. The Morgan fingerprint density at radius 3 is 1.12 bits per heavy atom. The Bertz CT molecular complexity index is 360. The van der Waals surface area contributed by atoms with E-state index in [1.165, 1.54) is 12.8 Å². The lowest BCUT2D eigenvalue weighted by atomic mass is 10.4. The summed E-state index contributed by atoms with van der Waals surface area (Å²) in [7, 11) is 0. The van der Waals surface area contributed by atoms with Crippen LogP contribution in [0.3, 0.4) is 0 Å². The number of carboxylic acid groups (broad SMARTS) is 1. The first kappa shape index (κ1) is 30.1. The minimum Gasteiger partial charge on any atom is -0.465 e. The van der Waals surface area contributed by atoms with Gasteiger partial charge in [0.25, 0.3) is 0 Å². The van der Waals surface area contributed by atoms with E-state index in [-0.39, 0.29) is 0 Å². The lowest BCUT2D eigenvalue weighted by Crippen LogP contribution is -2.03. The Hall–Kier alpha value is 0.370. The molecule has 1 amide bonds. The molecule has 0 bridgehead atoms. The molecule has 0 radical (unpaired) electrons. The first-order valence-electron chi connectivity index (χ1n) is 8.07. The van der Waals surface area contributed by atoms with E-state index in [4.69, 9.17) is 55.9 Å². The Morgan fingerprint density at radius 1 is 0.800 bits per heavy atom. The third kappa shape index (κ3) is 22.3. The summed E-state index contributed by atoms with van der Waals surface area (Å²) in [6.07, 6.45) is 1.31. The van der Waals surface area contributed by atoms with Gasteiger partial charge >= 0.3 is 19.5 Å². The topological polar surface area (TPSA) is 109 Å². The van der Waals surface area contributed by atoms with Crippen molar-refractivity contribution in [2.75, 3.05) is 26.4 Å². The van der Waals surface area contributed by atoms with Gasteiger partial charge in [0.15, 0.2) is 0 Å². The van der Waals surface area contributed by atoms with Crippen molar-refractivity contribution in [2.45, 2.75) is 54.4 Å². The van der Waals surface area contributed by atoms with E-state index in [0.29, 0.717) is 26.4 Å². The lowest BCUT2D eigenvalue weighted by Gasteiger charge is -2.27. The third-order valence-electron chi connectivity index (χ3n) is 1.85. The van der Waals surface area contributed by atoms with E-state index in [0.717, 1.165) is 0 Å². The van der Waals surface area contributed by atoms with Gasteiger partial charge in [-0.1, -0.05) is 26.7 Å². The second-order valence-electron chi connectivity index (χ2n) is 3.99. The first-order valence-corrected chi connectivity index (χ1v) is 13.2. The highest BCUT2D eigenvalue weighted by atomic mass is 32.5. The van der Waals surface area contributed by atoms with Crippen LogP contribution in [0.5, 0.6) is 0 Å². The van der Waals surface area contributed by atoms with Crippen molar-refractivity contribution in [3.63, 3.8) is 0 Å². The van der Waals surface area contributed by atoms with Gasteiger partial charge in [-0.3, -0.25) is 0 Å². The average Bonchev–Trinajstić information content (AvgIpc) is 2.47. The number of hydrogen-bond acceptors (Lipinski definition) is 8. The number of unbranched alkanes of at least 4 members (excludes halogenated alkanes) is 1. The van der Waals surface area contributed by atoms with Crippen molar-refractivity contribution in [2.24, 2.45) is 5.73 Å². The standard InChI is InChI=1S/C8H20O5P2S2.C4H10.CH3NO2/c1-5-9-14(16,10-6-2)13-15(17,11-7-3)12-8-4;1-3-4-2;2-1(3)4/h5-8H2,1-4H3;3-4H2,1-2H3;2H2,(H,3,4). The van der Waals surface area contributed by atoms with Gasteiger partial charge < -0.3 is 28.9 Å². The highest BCUT2D eigenvalue weighted by Crippen LogP contribution is 2.66. The predicted molar refractivity (Wildman–Crippen MR) is 109 cm³/mol. The molecule has 0 aromatic heterocycles. The van der Waals surface area contributed by atoms with Gasteiger partial charge in [-0.25, -0.2) is 9.11 Å². The third-order valence-corrected chi connectivity index (χ3v) is 8.21. The van der Waals surface area contributed by atoms with E-state index in [1.54, 1.807) is 0 Å². The molecule has 0 unspecified atom stereocenters. The molecule has 0 aliphatic rings.